The number of benzene rings is 1. The van der Waals surface area contributed by atoms with Crippen molar-refractivity contribution >= 4 is 6.08 Å². The first-order valence-electron chi connectivity index (χ1n) is 8.01. The molecule has 2 heteroatoms. The van der Waals surface area contributed by atoms with Crippen molar-refractivity contribution in [2.45, 2.75) is 39.3 Å². The van der Waals surface area contributed by atoms with Crippen LogP contribution in [0.1, 0.15) is 43.4 Å². The summed E-state index contributed by atoms with van der Waals surface area (Å²) in [6.45, 7) is 16.7. The van der Waals surface area contributed by atoms with Gasteiger partial charge < -0.3 is 5.32 Å². The van der Waals surface area contributed by atoms with Crippen LogP contribution >= 0.6 is 0 Å². The molecular formula is C21H28N2. The summed E-state index contributed by atoms with van der Waals surface area (Å²) in [4.78, 5) is 2.31. The van der Waals surface area contributed by atoms with E-state index in [0.29, 0.717) is 0 Å². The van der Waals surface area contributed by atoms with Crippen molar-refractivity contribution in [2.24, 2.45) is 0 Å². The van der Waals surface area contributed by atoms with Crippen LogP contribution in [0.25, 0.3) is 6.08 Å². The Bertz CT molecular complexity index is 616. The van der Waals surface area contributed by atoms with Crippen molar-refractivity contribution in [1.82, 2.24) is 10.2 Å². The Kier molecular flexibility index (Phi) is 7.94. The smallest absolute Gasteiger partial charge is 0.0492 e. The van der Waals surface area contributed by atoms with Gasteiger partial charge in [-0.2, -0.15) is 0 Å². The summed E-state index contributed by atoms with van der Waals surface area (Å²) in [7, 11) is 2.13. The highest BCUT2D eigenvalue weighted by molar-refractivity contribution is 5.55. The highest BCUT2D eigenvalue weighted by atomic mass is 15.1. The normalized spacial score (nSPS) is 11.3. The van der Waals surface area contributed by atoms with Gasteiger partial charge in [0.25, 0.3) is 0 Å². The number of rotatable bonds is 9. The minimum atomic E-state index is 0.261. The number of hydrogen-bond donors (Lipinski definition) is 1. The van der Waals surface area contributed by atoms with Crippen LogP contribution in [0.2, 0.25) is 0 Å². The van der Waals surface area contributed by atoms with E-state index in [2.05, 4.69) is 67.9 Å². The molecule has 0 bridgehead atoms. The van der Waals surface area contributed by atoms with Crippen molar-refractivity contribution in [3.8, 4) is 11.8 Å². The summed E-state index contributed by atoms with van der Waals surface area (Å²) in [5, 5.41) is 3.14. The van der Waals surface area contributed by atoms with Crippen LogP contribution in [0.15, 0.2) is 49.8 Å². The van der Waals surface area contributed by atoms with E-state index in [0.717, 1.165) is 36.2 Å². The Morgan fingerprint density at radius 1 is 1.39 bits per heavy atom. The zero-order valence-electron chi connectivity index (χ0n) is 14.7. The Hall–Kier alpha value is -2.24. The molecule has 2 nitrogen and oxygen atoms in total. The SMILES string of the molecule is C=CNC(=C)C(CCC)N(C)Cc1cc(C#CC)ccc1C=C. The maximum absolute atomic E-state index is 4.15. The van der Waals surface area contributed by atoms with Crippen LogP contribution in [0.3, 0.4) is 0 Å². The van der Waals surface area contributed by atoms with Gasteiger partial charge in [-0.25, -0.2) is 0 Å². The van der Waals surface area contributed by atoms with Crippen LogP contribution in [0, 0.1) is 11.8 Å². The molecule has 1 unspecified atom stereocenters. The van der Waals surface area contributed by atoms with E-state index >= 15 is 0 Å². The summed E-state index contributed by atoms with van der Waals surface area (Å²) in [6, 6.07) is 6.54. The topological polar surface area (TPSA) is 15.3 Å². The zero-order valence-corrected chi connectivity index (χ0v) is 14.7. The fraction of sp³-hybridized carbons (Fsp3) is 0.333. The van der Waals surface area contributed by atoms with Gasteiger partial charge in [-0.15, -0.1) is 5.92 Å². The lowest BCUT2D eigenvalue weighted by atomic mass is 10.0. The van der Waals surface area contributed by atoms with Gasteiger partial charge in [0.15, 0.2) is 0 Å². The Labute approximate surface area is 141 Å². The van der Waals surface area contributed by atoms with Gasteiger partial charge in [0.2, 0.25) is 0 Å². The first-order valence-corrected chi connectivity index (χ1v) is 8.01. The van der Waals surface area contributed by atoms with Gasteiger partial charge >= 0.3 is 0 Å². The van der Waals surface area contributed by atoms with Gasteiger partial charge in [-0.05, 0) is 49.9 Å². The van der Waals surface area contributed by atoms with Crippen LogP contribution in [0.4, 0.5) is 0 Å². The molecule has 0 aliphatic carbocycles. The number of nitrogens with one attached hydrogen (secondary N) is 1. The average molecular weight is 308 g/mol. The van der Waals surface area contributed by atoms with Gasteiger partial charge in [0.1, 0.15) is 0 Å². The van der Waals surface area contributed by atoms with E-state index < -0.39 is 0 Å². The number of nitrogens with zero attached hydrogens (tertiary/aromatic N) is 1. The molecule has 0 spiro atoms. The highest BCUT2D eigenvalue weighted by Gasteiger charge is 2.18. The molecule has 1 rings (SSSR count). The maximum atomic E-state index is 4.15. The van der Waals surface area contributed by atoms with E-state index in [1.54, 1.807) is 6.20 Å². The lowest BCUT2D eigenvalue weighted by Crippen LogP contribution is -2.36. The van der Waals surface area contributed by atoms with Gasteiger partial charge in [-0.1, -0.05) is 51.1 Å². The summed E-state index contributed by atoms with van der Waals surface area (Å²) in [5.74, 6) is 6.08. The van der Waals surface area contributed by atoms with Crippen molar-refractivity contribution in [1.29, 1.82) is 0 Å². The Morgan fingerprint density at radius 2 is 2.13 bits per heavy atom. The molecule has 0 aliphatic rings. The van der Waals surface area contributed by atoms with Gasteiger partial charge in [0, 0.05) is 23.8 Å². The molecule has 0 aromatic heterocycles. The standard InChI is InChI=1S/C21H28N2/c1-7-11-18-13-14-19(9-3)20(15-18)16-23(6)21(12-8-2)17(5)22-10-4/h9-10,13-15,21-22H,3-5,8,12,16H2,1-2,6H3. The predicted molar refractivity (Wildman–Crippen MR) is 102 cm³/mol. The fourth-order valence-electron chi connectivity index (χ4n) is 2.70. The van der Waals surface area contributed by atoms with E-state index in [4.69, 9.17) is 0 Å². The molecule has 0 radical (unpaired) electrons. The average Bonchev–Trinajstić information content (AvgIpc) is 2.53. The van der Waals surface area contributed by atoms with Gasteiger partial charge in [-0.3, -0.25) is 4.90 Å². The third-order valence-corrected chi connectivity index (χ3v) is 3.84. The van der Waals surface area contributed by atoms with Crippen molar-refractivity contribution in [3.05, 3.63) is 66.5 Å². The molecule has 0 saturated heterocycles. The van der Waals surface area contributed by atoms with E-state index in [1.807, 2.05) is 19.1 Å². The maximum Gasteiger partial charge on any atom is 0.0492 e. The monoisotopic (exact) mass is 308 g/mol. The van der Waals surface area contributed by atoms with Crippen molar-refractivity contribution in [3.63, 3.8) is 0 Å². The fourth-order valence-corrected chi connectivity index (χ4v) is 2.70. The highest BCUT2D eigenvalue weighted by Crippen LogP contribution is 2.19. The third-order valence-electron chi connectivity index (χ3n) is 3.84. The minimum Gasteiger partial charge on any atom is -0.365 e. The van der Waals surface area contributed by atoms with Gasteiger partial charge in [0.05, 0.1) is 0 Å². The lowest BCUT2D eigenvalue weighted by Gasteiger charge is -2.30. The summed E-state index contributed by atoms with van der Waals surface area (Å²) in [5.41, 5.74) is 4.40. The van der Waals surface area contributed by atoms with E-state index in [1.165, 1.54) is 5.56 Å². The first kappa shape index (κ1) is 18.8. The molecule has 0 aliphatic heterocycles. The molecule has 122 valence electrons. The molecule has 0 heterocycles. The molecule has 1 aromatic rings. The van der Waals surface area contributed by atoms with Crippen LogP contribution in [-0.4, -0.2) is 18.0 Å². The summed E-state index contributed by atoms with van der Waals surface area (Å²) in [6.07, 6.45) is 5.74. The number of likely N-dealkylation sites (N-methyl/N-ethyl adjacent to an activating group) is 1. The molecular weight excluding hydrogens is 280 g/mol. The van der Waals surface area contributed by atoms with Crippen LogP contribution < -0.4 is 5.32 Å². The molecule has 0 saturated carbocycles. The molecule has 1 N–H and O–H groups in total. The summed E-state index contributed by atoms with van der Waals surface area (Å²) < 4.78 is 0. The van der Waals surface area contributed by atoms with E-state index in [-0.39, 0.29) is 6.04 Å². The van der Waals surface area contributed by atoms with E-state index in [9.17, 15) is 0 Å². The summed E-state index contributed by atoms with van der Waals surface area (Å²) >= 11 is 0. The van der Waals surface area contributed by atoms with Crippen LogP contribution in [0.5, 0.6) is 0 Å². The molecule has 23 heavy (non-hydrogen) atoms. The van der Waals surface area contributed by atoms with Crippen molar-refractivity contribution < 1.29 is 0 Å². The second kappa shape index (κ2) is 9.71. The second-order valence-corrected chi connectivity index (χ2v) is 5.59. The minimum absolute atomic E-state index is 0.261. The van der Waals surface area contributed by atoms with Crippen LogP contribution in [-0.2, 0) is 6.54 Å². The quantitative estimate of drug-likeness (QED) is 0.673. The largest absolute Gasteiger partial charge is 0.365 e. The lowest BCUT2D eigenvalue weighted by molar-refractivity contribution is 0.245. The predicted octanol–water partition coefficient (Wildman–Crippen LogP) is 4.55. The van der Waals surface area contributed by atoms with Crippen molar-refractivity contribution in [2.75, 3.05) is 7.05 Å². The molecule has 1 atom stereocenters. The molecule has 0 amide bonds. The zero-order chi connectivity index (χ0) is 17.2. The Morgan fingerprint density at radius 3 is 2.70 bits per heavy atom. The second-order valence-electron chi connectivity index (χ2n) is 5.59. The third kappa shape index (κ3) is 5.47. The molecule has 1 aromatic carbocycles. The first-order chi connectivity index (χ1) is 11.1. The molecule has 0 fully saturated rings. The number of hydrogen-bond acceptors (Lipinski definition) is 2. The Balaban J connectivity index is 3.03.